The number of thiocarbonyl (C=S) groups is 1. The van der Waals surface area contributed by atoms with Crippen molar-refractivity contribution in [1.29, 1.82) is 0 Å². The van der Waals surface area contributed by atoms with E-state index in [2.05, 4.69) is 21.2 Å². The van der Waals surface area contributed by atoms with Crippen LogP contribution in [0.15, 0.2) is 39.2 Å². The minimum Gasteiger partial charge on any atom is -0.440 e. The monoisotopic (exact) mass is 358 g/mol. The molecule has 0 bridgehead atoms. The summed E-state index contributed by atoms with van der Waals surface area (Å²) in [6.07, 6.45) is 0. The predicted octanol–water partition coefficient (Wildman–Crippen LogP) is 3.58. The molecule has 0 fully saturated rings. The van der Waals surface area contributed by atoms with Crippen LogP contribution >= 0.6 is 39.7 Å². The van der Waals surface area contributed by atoms with Crippen LogP contribution in [-0.2, 0) is 0 Å². The minimum absolute atomic E-state index is 0.135. The number of amides is 1. The topological polar surface area (TPSA) is 68.3 Å². The summed E-state index contributed by atoms with van der Waals surface area (Å²) in [5, 5.41) is 2.84. The second-order valence-electron chi connectivity index (χ2n) is 3.62. The van der Waals surface area contributed by atoms with Gasteiger partial charge >= 0.3 is 0 Å². The van der Waals surface area contributed by atoms with Gasteiger partial charge in [0.05, 0.1) is 5.69 Å². The molecule has 4 nitrogen and oxygen atoms in total. The fourth-order valence-electron chi connectivity index (χ4n) is 1.39. The third-order valence-corrected chi connectivity index (χ3v) is 3.39. The van der Waals surface area contributed by atoms with Crippen molar-refractivity contribution in [1.82, 2.24) is 0 Å². The lowest BCUT2D eigenvalue weighted by Gasteiger charge is -2.07. The van der Waals surface area contributed by atoms with E-state index >= 15 is 0 Å². The average Bonchev–Trinajstić information content (AvgIpc) is 2.78. The molecule has 3 N–H and O–H groups in total. The third-order valence-electron chi connectivity index (χ3n) is 2.30. The van der Waals surface area contributed by atoms with Gasteiger partial charge in [0.15, 0.2) is 11.0 Å². The molecule has 7 heteroatoms. The smallest absolute Gasteiger partial charge is 0.291 e. The Morgan fingerprint density at radius 3 is 2.63 bits per heavy atom. The number of furan rings is 1. The lowest BCUT2D eigenvalue weighted by atomic mass is 10.2. The Hall–Kier alpha value is -1.37. The maximum absolute atomic E-state index is 11.9. The summed E-state index contributed by atoms with van der Waals surface area (Å²) in [6.45, 7) is 0. The van der Waals surface area contributed by atoms with Gasteiger partial charge in [0.25, 0.3) is 5.91 Å². The Morgan fingerprint density at radius 2 is 2.11 bits per heavy atom. The largest absolute Gasteiger partial charge is 0.440 e. The van der Waals surface area contributed by atoms with Gasteiger partial charge in [0, 0.05) is 10.0 Å². The van der Waals surface area contributed by atoms with Crippen LogP contribution in [-0.4, -0.2) is 10.9 Å². The van der Waals surface area contributed by atoms with Crippen LogP contribution in [0.3, 0.4) is 0 Å². The third kappa shape index (κ3) is 3.34. The van der Waals surface area contributed by atoms with Crippen LogP contribution in [0.2, 0.25) is 5.22 Å². The van der Waals surface area contributed by atoms with Gasteiger partial charge in [-0.2, -0.15) is 0 Å². The zero-order chi connectivity index (χ0) is 14.0. The van der Waals surface area contributed by atoms with Crippen LogP contribution in [0.1, 0.15) is 16.1 Å². The van der Waals surface area contributed by atoms with Crippen LogP contribution in [0.4, 0.5) is 5.69 Å². The molecule has 0 aliphatic rings. The molecule has 2 rings (SSSR count). The number of nitrogens with two attached hydrogens (primary N) is 1. The molecule has 1 aromatic heterocycles. The highest BCUT2D eigenvalue weighted by molar-refractivity contribution is 9.10. The van der Waals surface area contributed by atoms with Crippen LogP contribution in [0.25, 0.3) is 0 Å². The highest BCUT2D eigenvalue weighted by atomic mass is 79.9. The van der Waals surface area contributed by atoms with Crippen molar-refractivity contribution in [2.75, 3.05) is 5.32 Å². The van der Waals surface area contributed by atoms with E-state index < -0.39 is 5.91 Å². The molecular formula is C12H8BrClN2O2S. The van der Waals surface area contributed by atoms with E-state index in [-0.39, 0.29) is 16.0 Å². The van der Waals surface area contributed by atoms with E-state index in [9.17, 15) is 4.79 Å². The van der Waals surface area contributed by atoms with Gasteiger partial charge in [-0.3, -0.25) is 4.79 Å². The number of halogens is 2. The van der Waals surface area contributed by atoms with Gasteiger partial charge in [-0.05, 0) is 57.9 Å². The maximum Gasteiger partial charge on any atom is 0.291 e. The summed E-state index contributed by atoms with van der Waals surface area (Å²) in [5.74, 6) is -0.258. The van der Waals surface area contributed by atoms with Crippen molar-refractivity contribution in [3.05, 3.63) is 51.3 Å². The van der Waals surface area contributed by atoms with E-state index in [1.165, 1.54) is 12.1 Å². The molecule has 1 amide bonds. The molecule has 1 aromatic carbocycles. The fraction of sp³-hybridized carbons (Fsp3) is 0. The number of rotatable bonds is 3. The summed E-state index contributed by atoms with van der Waals surface area (Å²) in [6, 6.07) is 8.14. The molecule has 1 heterocycles. The molecule has 0 aliphatic carbocycles. The van der Waals surface area contributed by atoms with E-state index in [0.29, 0.717) is 15.7 Å². The van der Waals surface area contributed by atoms with E-state index in [4.69, 9.17) is 34.0 Å². The Labute approximate surface area is 128 Å². The van der Waals surface area contributed by atoms with E-state index in [0.717, 1.165) is 0 Å². The number of carbonyl (C=O) groups is 1. The zero-order valence-corrected chi connectivity index (χ0v) is 12.6. The van der Waals surface area contributed by atoms with Crippen molar-refractivity contribution in [2.24, 2.45) is 5.73 Å². The SMILES string of the molecule is NC(=S)c1ccc(NC(=O)c2ccc(Cl)o2)c(Br)c1. The number of carbonyl (C=O) groups excluding carboxylic acids is 1. The van der Waals surface area contributed by atoms with Crippen molar-refractivity contribution < 1.29 is 9.21 Å². The van der Waals surface area contributed by atoms with Crippen LogP contribution in [0, 0.1) is 0 Å². The average molecular weight is 360 g/mol. The first-order valence-corrected chi connectivity index (χ1v) is 6.71. The first kappa shape index (κ1) is 14.0. The quantitative estimate of drug-likeness (QED) is 0.822. The van der Waals surface area contributed by atoms with Gasteiger partial charge < -0.3 is 15.5 Å². The van der Waals surface area contributed by atoms with Gasteiger partial charge in [-0.25, -0.2) is 0 Å². The molecule has 19 heavy (non-hydrogen) atoms. The normalized spacial score (nSPS) is 10.2. The van der Waals surface area contributed by atoms with Gasteiger partial charge in [-0.15, -0.1) is 0 Å². The van der Waals surface area contributed by atoms with Crippen LogP contribution in [0.5, 0.6) is 0 Å². The van der Waals surface area contributed by atoms with Crippen molar-refractivity contribution >= 4 is 56.3 Å². The van der Waals surface area contributed by atoms with Gasteiger partial charge in [-0.1, -0.05) is 12.2 Å². The second kappa shape index (κ2) is 5.73. The Kier molecular flexibility index (Phi) is 4.24. The summed E-state index contributed by atoms with van der Waals surface area (Å²) < 4.78 is 5.69. The molecule has 98 valence electrons. The molecule has 0 saturated carbocycles. The maximum atomic E-state index is 11.9. The first-order valence-electron chi connectivity index (χ1n) is 5.13. The van der Waals surface area contributed by atoms with Crippen molar-refractivity contribution in [3.63, 3.8) is 0 Å². The van der Waals surface area contributed by atoms with Crippen LogP contribution < -0.4 is 11.1 Å². The fourth-order valence-corrected chi connectivity index (χ4v) is 2.14. The van der Waals surface area contributed by atoms with Gasteiger partial charge in [0.1, 0.15) is 4.99 Å². The lowest BCUT2D eigenvalue weighted by molar-refractivity contribution is 0.0996. The lowest BCUT2D eigenvalue weighted by Crippen LogP contribution is -2.13. The van der Waals surface area contributed by atoms with Gasteiger partial charge in [0.2, 0.25) is 0 Å². The summed E-state index contributed by atoms with van der Waals surface area (Å²) in [4.78, 5) is 12.2. The molecular weight excluding hydrogens is 352 g/mol. The summed E-state index contributed by atoms with van der Waals surface area (Å²) >= 11 is 13.8. The molecule has 0 saturated heterocycles. The highest BCUT2D eigenvalue weighted by Gasteiger charge is 2.12. The summed E-state index contributed by atoms with van der Waals surface area (Å²) in [5.41, 5.74) is 6.81. The molecule has 0 unspecified atom stereocenters. The number of benzene rings is 1. The minimum atomic E-state index is -0.393. The van der Waals surface area contributed by atoms with E-state index in [1.807, 2.05) is 0 Å². The number of anilines is 1. The standard InChI is InChI=1S/C12H8BrClN2O2S/c13-7-5-6(11(15)19)1-2-8(7)16-12(17)9-3-4-10(14)18-9/h1-5H,(H2,15,19)(H,16,17). The predicted molar refractivity (Wildman–Crippen MR) is 81.7 cm³/mol. The summed E-state index contributed by atoms with van der Waals surface area (Å²) in [7, 11) is 0. The Morgan fingerprint density at radius 1 is 1.37 bits per heavy atom. The molecule has 2 aromatic rings. The zero-order valence-electron chi connectivity index (χ0n) is 9.44. The molecule has 0 atom stereocenters. The number of hydrogen-bond donors (Lipinski definition) is 2. The number of hydrogen-bond acceptors (Lipinski definition) is 3. The highest BCUT2D eigenvalue weighted by Crippen LogP contribution is 2.24. The Balaban J connectivity index is 2.20. The van der Waals surface area contributed by atoms with Crippen molar-refractivity contribution in [3.8, 4) is 0 Å². The molecule has 0 aliphatic heterocycles. The molecule has 0 spiro atoms. The van der Waals surface area contributed by atoms with E-state index in [1.54, 1.807) is 18.2 Å². The first-order chi connectivity index (χ1) is 8.97. The second-order valence-corrected chi connectivity index (χ2v) is 5.28. The molecule has 0 radical (unpaired) electrons. The Bertz CT molecular complexity index is 657. The number of nitrogens with one attached hydrogen (secondary N) is 1. The van der Waals surface area contributed by atoms with Crippen molar-refractivity contribution in [2.45, 2.75) is 0 Å².